The molecule has 6 heteroatoms. The number of hydrogen-bond acceptors (Lipinski definition) is 4. The topological polar surface area (TPSA) is 59.9 Å². The van der Waals surface area contributed by atoms with Crippen molar-refractivity contribution in [2.75, 3.05) is 6.26 Å². The van der Waals surface area contributed by atoms with Gasteiger partial charge in [-0.05, 0) is 42.8 Å². The fourth-order valence-electron chi connectivity index (χ4n) is 2.41. The van der Waals surface area contributed by atoms with Crippen LogP contribution in [0.15, 0.2) is 59.8 Å². The van der Waals surface area contributed by atoms with Crippen LogP contribution < -0.4 is 0 Å². The molecule has 0 aliphatic rings. The summed E-state index contributed by atoms with van der Waals surface area (Å²) in [5.74, 6) is 0. The van der Waals surface area contributed by atoms with Gasteiger partial charge in [0.2, 0.25) is 0 Å². The van der Waals surface area contributed by atoms with Crippen molar-refractivity contribution in [2.45, 2.75) is 11.8 Å². The molecule has 0 saturated carbocycles. The van der Waals surface area contributed by atoms with Crippen LogP contribution in [0, 0.1) is 6.92 Å². The van der Waals surface area contributed by atoms with Gasteiger partial charge < -0.3 is 0 Å². The summed E-state index contributed by atoms with van der Waals surface area (Å²) in [5, 5.41) is 0.560. The van der Waals surface area contributed by atoms with E-state index in [1.54, 1.807) is 36.7 Å². The van der Waals surface area contributed by atoms with Crippen LogP contribution in [0.3, 0.4) is 0 Å². The van der Waals surface area contributed by atoms with E-state index in [1.807, 2.05) is 25.1 Å². The molecule has 0 atom stereocenters. The molecule has 3 rings (SSSR count). The Morgan fingerprint density at radius 1 is 1.04 bits per heavy atom. The number of aryl methyl sites for hydroxylation is 1. The van der Waals surface area contributed by atoms with E-state index in [9.17, 15) is 8.42 Å². The van der Waals surface area contributed by atoms with Crippen LogP contribution in [0.25, 0.3) is 22.4 Å². The minimum absolute atomic E-state index is 0.278. The van der Waals surface area contributed by atoms with Crippen LogP contribution >= 0.6 is 11.6 Å². The molecule has 0 amide bonds. The molecule has 0 spiro atoms. The zero-order valence-electron chi connectivity index (χ0n) is 13.2. The first kappa shape index (κ1) is 16.6. The van der Waals surface area contributed by atoms with Crippen molar-refractivity contribution in [2.24, 2.45) is 0 Å². The first-order valence-corrected chi connectivity index (χ1v) is 9.51. The van der Waals surface area contributed by atoms with Gasteiger partial charge in [-0.25, -0.2) is 8.42 Å². The van der Waals surface area contributed by atoms with Crippen LogP contribution in [-0.4, -0.2) is 24.6 Å². The average Bonchev–Trinajstić information content (AvgIpc) is 2.57. The molecule has 0 saturated heterocycles. The third-order valence-corrected chi connectivity index (χ3v) is 5.19. The van der Waals surface area contributed by atoms with Gasteiger partial charge in [0.1, 0.15) is 0 Å². The van der Waals surface area contributed by atoms with E-state index in [2.05, 4.69) is 9.97 Å². The monoisotopic (exact) mass is 358 g/mol. The number of nitrogens with zero attached hydrogens (tertiary/aromatic N) is 2. The molecule has 2 aromatic heterocycles. The van der Waals surface area contributed by atoms with Crippen LogP contribution in [0.4, 0.5) is 0 Å². The molecule has 2 heterocycles. The average molecular weight is 359 g/mol. The molecule has 0 radical (unpaired) electrons. The molecule has 122 valence electrons. The van der Waals surface area contributed by atoms with Gasteiger partial charge in [-0.3, -0.25) is 9.97 Å². The molecule has 0 unspecified atom stereocenters. The molecule has 0 aliphatic heterocycles. The van der Waals surface area contributed by atoms with Crippen LogP contribution in [0.2, 0.25) is 5.02 Å². The van der Waals surface area contributed by atoms with E-state index in [0.29, 0.717) is 5.02 Å². The molecular weight excluding hydrogens is 344 g/mol. The first-order chi connectivity index (χ1) is 11.4. The second kappa shape index (κ2) is 6.34. The molecular formula is C18H15ClN2O2S. The second-order valence-corrected chi connectivity index (χ2v) is 7.91. The van der Waals surface area contributed by atoms with Gasteiger partial charge in [0.05, 0.1) is 21.3 Å². The molecule has 0 bridgehead atoms. The van der Waals surface area contributed by atoms with E-state index in [0.717, 1.165) is 28.1 Å². The van der Waals surface area contributed by atoms with Gasteiger partial charge in [-0.15, -0.1) is 0 Å². The van der Waals surface area contributed by atoms with Gasteiger partial charge in [-0.1, -0.05) is 23.7 Å². The molecule has 4 nitrogen and oxygen atoms in total. The maximum atomic E-state index is 11.6. The van der Waals surface area contributed by atoms with Crippen LogP contribution in [0.5, 0.6) is 0 Å². The lowest BCUT2D eigenvalue weighted by atomic mass is 10.00. The molecule has 24 heavy (non-hydrogen) atoms. The van der Waals surface area contributed by atoms with Crippen LogP contribution in [-0.2, 0) is 9.84 Å². The highest BCUT2D eigenvalue weighted by molar-refractivity contribution is 7.90. The number of rotatable bonds is 3. The predicted octanol–water partition coefficient (Wildman–Crippen LogP) is 4.18. The van der Waals surface area contributed by atoms with E-state index in [-0.39, 0.29) is 4.90 Å². The molecule has 1 aromatic carbocycles. The molecule has 0 N–H and O–H groups in total. The normalized spacial score (nSPS) is 11.5. The quantitative estimate of drug-likeness (QED) is 0.704. The number of pyridine rings is 2. The van der Waals surface area contributed by atoms with E-state index < -0.39 is 9.84 Å². The van der Waals surface area contributed by atoms with Gasteiger partial charge in [0.15, 0.2) is 9.84 Å². The van der Waals surface area contributed by atoms with Crippen molar-refractivity contribution < 1.29 is 8.42 Å². The van der Waals surface area contributed by atoms with Crippen molar-refractivity contribution in [3.63, 3.8) is 0 Å². The van der Waals surface area contributed by atoms with Gasteiger partial charge in [0.25, 0.3) is 0 Å². The van der Waals surface area contributed by atoms with Crippen molar-refractivity contribution >= 4 is 21.4 Å². The lowest BCUT2D eigenvalue weighted by molar-refractivity contribution is 0.602. The number of hydrogen-bond donors (Lipinski definition) is 0. The third kappa shape index (κ3) is 3.32. The minimum Gasteiger partial charge on any atom is -0.264 e. The highest BCUT2D eigenvalue weighted by Crippen LogP contribution is 2.33. The molecule has 3 aromatic rings. The Morgan fingerprint density at radius 2 is 1.75 bits per heavy atom. The van der Waals surface area contributed by atoms with Gasteiger partial charge in [0, 0.05) is 29.8 Å². The Bertz CT molecular complexity index is 986. The summed E-state index contributed by atoms with van der Waals surface area (Å²) in [7, 11) is -3.23. The van der Waals surface area contributed by atoms with Crippen molar-refractivity contribution in [1.82, 2.24) is 9.97 Å². The zero-order valence-corrected chi connectivity index (χ0v) is 14.8. The maximum Gasteiger partial charge on any atom is 0.175 e. The molecule has 0 fully saturated rings. The summed E-state index contributed by atoms with van der Waals surface area (Å²) in [4.78, 5) is 9.02. The van der Waals surface area contributed by atoms with Crippen LogP contribution in [0.1, 0.15) is 5.69 Å². The largest absolute Gasteiger partial charge is 0.264 e. The highest BCUT2D eigenvalue weighted by atomic mass is 35.5. The number of benzene rings is 1. The van der Waals surface area contributed by atoms with E-state index >= 15 is 0 Å². The second-order valence-electron chi connectivity index (χ2n) is 5.49. The fourth-order valence-corrected chi connectivity index (χ4v) is 3.19. The summed E-state index contributed by atoms with van der Waals surface area (Å²) in [6, 6.07) is 12.3. The van der Waals surface area contributed by atoms with E-state index in [1.165, 1.54) is 6.26 Å². The fraction of sp³-hybridized carbons (Fsp3) is 0.111. The third-order valence-electron chi connectivity index (χ3n) is 3.68. The van der Waals surface area contributed by atoms with Gasteiger partial charge >= 0.3 is 0 Å². The maximum absolute atomic E-state index is 11.6. The SMILES string of the molecule is Cc1nc(-c2cccnc2)c(-c2ccc(S(C)(=O)=O)cc2)cc1Cl. The molecule has 0 aliphatic carbocycles. The smallest absolute Gasteiger partial charge is 0.175 e. The predicted molar refractivity (Wildman–Crippen MR) is 95.8 cm³/mol. The Labute approximate surface area is 146 Å². The number of sulfone groups is 1. The Balaban J connectivity index is 2.19. The summed E-state index contributed by atoms with van der Waals surface area (Å²) in [6.07, 6.45) is 4.63. The van der Waals surface area contributed by atoms with Crippen molar-refractivity contribution in [1.29, 1.82) is 0 Å². The highest BCUT2D eigenvalue weighted by Gasteiger charge is 2.14. The Kier molecular flexibility index (Phi) is 4.39. The lowest BCUT2D eigenvalue weighted by Gasteiger charge is -2.12. The van der Waals surface area contributed by atoms with E-state index in [4.69, 9.17) is 11.6 Å². The Morgan fingerprint density at radius 3 is 2.33 bits per heavy atom. The standard InChI is InChI=1S/C18H15ClN2O2S/c1-12-17(19)10-16(18(21-12)14-4-3-9-20-11-14)13-5-7-15(8-6-13)24(2,22)23/h3-11H,1-2H3. The summed E-state index contributed by atoms with van der Waals surface area (Å²) < 4.78 is 23.3. The zero-order chi connectivity index (χ0) is 17.3. The van der Waals surface area contributed by atoms with Crippen molar-refractivity contribution in [3.05, 3.63) is 65.6 Å². The summed E-state index contributed by atoms with van der Waals surface area (Å²) in [5.41, 5.74) is 4.04. The first-order valence-electron chi connectivity index (χ1n) is 7.24. The van der Waals surface area contributed by atoms with Gasteiger partial charge in [-0.2, -0.15) is 0 Å². The number of halogens is 1. The summed E-state index contributed by atoms with van der Waals surface area (Å²) in [6.45, 7) is 1.85. The summed E-state index contributed by atoms with van der Waals surface area (Å²) >= 11 is 6.25. The lowest BCUT2D eigenvalue weighted by Crippen LogP contribution is -1.97. The minimum atomic E-state index is -3.23. The number of aromatic nitrogens is 2. The van der Waals surface area contributed by atoms with Crippen molar-refractivity contribution in [3.8, 4) is 22.4 Å². The Hall–Kier alpha value is -2.24.